The second-order valence-electron chi connectivity index (χ2n) is 10.2. The van der Waals surface area contributed by atoms with Crippen molar-refractivity contribution in [2.45, 2.75) is 64.0 Å². The van der Waals surface area contributed by atoms with Gasteiger partial charge < -0.3 is 9.84 Å². The van der Waals surface area contributed by atoms with Crippen molar-refractivity contribution in [3.05, 3.63) is 54.1 Å². The van der Waals surface area contributed by atoms with Gasteiger partial charge in [0, 0.05) is 13.1 Å². The fourth-order valence-corrected chi connectivity index (χ4v) is 6.77. The molecule has 0 aliphatic heterocycles. The van der Waals surface area contributed by atoms with E-state index in [1.165, 1.54) is 26.2 Å². The first-order valence-corrected chi connectivity index (χ1v) is 11.5. The third kappa shape index (κ3) is 4.06. The molecule has 31 heavy (non-hydrogen) atoms. The molecule has 0 saturated heterocycles. The van der Waals surface area contributed by atoms with Gasteiger partial charge in [0.2, 0.25) is 0 Å². The molecule has 4 bridgehead atoms. The quantitative estimate of drug-likeness (QED) is 0.402. The van der Waals surface area contributed by atoms with Crippen LogP contribution in [0.5, 0.6) is 5.75 Å². The molecular weight excluding hydrogens is 386 g/mol. The van der Waals surface area contributed by atoms with Crippen molar-refractivity contribution in [3.63, 3.8) is 0 Å². The van der Waals surface area contributed by atoms with Crippen LogP contribution in [0.25, 0.3) is 11.1 Å². The second-order valence-corrected chi connectivity index (χ2v) is 10.2. The Morgan fingerprint density at radius 2 is 1.61 bits per heavy atom. The summed E-state index contributed by atoms with van der Waals surface area (Å²) < 4.78 is 5.10. The minimum atomic E-state index is -0.430. The van der Waals surface area contributed by atoms with E-state index in [4.69, 9.17) is 9.73 Å². The molecule has 6 rings (SSSR count). The fraction of sp³-hybridized carbons (Fsp3) is 0.481. The molecule has 0 spiro atoms. The number of aliphatic hydroxyl groups is 1. The van der Waals surface area contributed by atoms with E-state index in [1.54, 1.807) is 0 Å². The standard InChI is InChI=1S/C27H31NO3/c1-18(26-12-21-11-22(13-26)15-27(30,14-21)17-26)28-16-20-3-5-23(6-4-20)24-7-9-25(10-8-24)31-19(2)29/h3-10,16,18,21-22,30H,11-15,17H2,1-2H3/t18-,21-,22+,26?,27?/m1/s1. The number of hydrogen-bond acceptors (Lipinski definition) is 4. The zero-order valence-electron chi connectivity index (χ0n) is 18.4. The van der Waals surface area contributed by atoms with Crippen LogP contribution in [-0.2, 0) is 4.79 Å². The summed E-state index contributed by atoms with van der Waals surface area (Å²) in [6, 6.07) is 16.2. The van der Waals surface area contributed by atoms with Gasteiger partial charge in [-0.15, -0.1) is 0 Å². The summed E-state index contributed by atoms with van der Waals surface area (Å²) in [6.07, 6.45) is 8.70. The molecule has 1 N–H and O–H groups in total. The summed E-state index contributed by atoms with van der Waals surface area (Å²) in [6.45, 7) is 3.64. The minimum absolute atomic E-state index is 0.180. The summed E-state index contributed by atoms with van der Waals surface area (Å²) >= 11 is 0. The third-order valence-corrected chi connectivity index (χ3v) is 7.77. The summed E-state index contributed by atoms with van der Waals surface area (Å²) in [5, 5.41) is 11.0. The normalized spacial score (nSPS) is 32.4. The first-order chi connectivity index (χ1) is 14.8. The number of nitrogens with zero attached hydrogens (tertiary/aromatic N) is 1. The molecule has 4 heteroatoms. The van der Waals surface area contributed by atoms with Gasteiger partial charge in [0.05, 0.1) is 11.6 Å². The van der Waals surface area contributed by atoms with Crippen LogP contribution in [0.2, 0.25) is 0 Å². The first-order valence-electron chi connectivity index (χ1n) is 11.5. The lowest BCUT2D eigenvalue weighted by molar-refractivity contribution is -0.168. The number of esters is 1. The van der Waals surface area contributed by atoms with Crippen LogP contribution in [0.4, 0.5) is 0 Å². The highest BCUT2D eigenvalue weighted by Gasteiger charge is 2.58. The number of carbonyl (C=O) groups excluding carboxylic acids is 1. The predicted octanol–water partition coefficient (Wildman–Crippen LogP) is 5.42. The fourth-order valence-electron chi connectivity index (χ4n) is 6.77. The van der Waals surface area contributed by atoms with Gasteiger partial charge >= 0.3 is 5.97 Å². The van der Waals surface area contributed by atoms with Crippen molar-refractivity contribution in [1.29, 1.82) is 0 Å². The maximum atomic E-state index is 11.1. The highest BCUT2D eigenvalue weighted by molar-refractivity contribution is 5.81. The largest absolute Gasteiger partial charge is 0.427 e. The molecule has 4 fully saturated rings. The van der Waals surface area contributed by atoms with E-state index >= 15 is 0 Å². The lowest BCUT2D eigenvalue weighted by atomic mass is 9.46. The van der Waals surface area contributed by atoms with Crippen molar-refractivity contribution in [2.75, 3.05) is 0 Å². The van der Waals surface area contributed by atoms with Crippen LogP contribution < -0.4 is 4.74 Å². The molecule has 4 aliphatic rings. The van der Waals surface area contributed by atoms with Crippen molar-refractivity contribution in [2.24, 2.45) is 22.2 Å². The van der Waals surface area contributed by atoms with Crippen molar-refractivity contribution >= 4 is 12.2 Å². The van der Waals surface area contributed by atoms with Gasteiger partial charge in [0.25, 0.3) is 0 Å². The summed E-state index contributed by atoms with van der Waals surface area (Å²) in [7, 11) is 0. The molecule has 4 aliphatic carbocycles. The lowest BCUT2D eigenvalue weighted by Crippen LogP contribution is -2.58. The van der Waals surface area contributed by atoms with Crippen LogP contribution in [-0.4, -0.2) is 28.9 Å². The average molecular weight is 418 g/mol. The van der Waals surface area contributed by atoms with Gasteiger partial charge in [-0.1, -0.05) is 36.4 Å². The Morgan fingerprint density at radius 1 is 1.03 bits per heavy atom. The molecule has 5 atom stereocenters. The van der Waals surface area contributed by atoms with E-state index in [2.05, 4.69) is 31.2 Å². The zero-order valence-corrected chi connectivity index (χ0v) is 18.4. The number of carbonyl (C=O) groups is 1. The lowest BCUT2D eigenvalue weighted by Gasteiger charge is -2.61. The second kappa shape index (κ2) is 7.59. The van der Waals surface area contributed by atoms with E-state index in [9.17, 15) is 9.90 Å². The Labute approximate surface area is 184 Å². The molecule has 2 unspecified atom stereocenters. The van der Waals surface area contributed by atoms with E-state index in [-0.39, 0.29) is 17.4 Å². The summed E-state index contributed by atoms with van der Waals surface area (Å²) in [4.78, 5) is 16.0. The van der Waals surface area contributed by atoms with Gasteiger partial charge in [-0.3, -0.25) is 9.79 Å². The monoisotopic (exact) mass is 417 g/mol. The number of ether oxygens (including phenoxy) is 1. The van der Waals surface area contributed by atoms with Crippen molar-refractivity contribution in [1.82, 2.24) is 0 Å². The van der Waals surface area contributed by atoms with Crippen LogP contribution >= 0.6 is 0 Å². The van der Waals surface area contributed by atoms with E-state index in [0.29, 0.717) is 17.6 Å². The Bertz CT molecular complexity index is 978. The first kappa shape index (κ1) is 20.4. The van der Waals surface area contributed by atoms with E-state index < -0.39 is 5.60 Å². The van der Waals surface area contributed by atoms with Crippen molar-refractivity contribution < 1.29 is 14.6 Å². The molecule has 4 saturated carbocycles. The molecule has 162 valence electrons. The molecule has 0 radical (unpaired) electrons. The summed E-state index contributed by atoms with van der Waals surface area (Å²) in [5.74, 6) is 1.63. The maximum Gasteiger partial charge on any atom is 0.308 e. The average Bonchev–Trinajstić information content (AvgIpc) is 2.71. The Morgan fingerprint density at radius 3 is 2.16 bits per heavy atom. The Balaban J connectivity index is 1.27. The van der Waals surface area contributed by atoms with Gasteiger partial charge in [-0.2, -0.15) is 0 Å². The maximum absolute atomic E-state index is 11.1. The molecular formula is C27H31NO3. The molecule has 2 aromatic carbocycles. The third-order valence-electron chi connectivity index (χ3n) is 7.77. The van der Waals surface area contributed by atoms with Gasteiger partial charge in [0.1, 0.15) is 5.75 Å². The molecule has 0 aromatic heterocycles. The Hall–Kier alpha value is -2.46. The molecule has 4 nitrogen and oxygen atoms in total. The Kier molecular flexibility index (Phi) is 5.01. The number of rotatable bonds is 5. The molecule has 0 heterocycles. The predicted molar refractivity (Wildman–Crippen MR) is 122 cm³/mol. The zero-order chi connectivity index (χ0) is 21.6. The van der Waals surface area contributed by atoms with E-state index in [1.807, 2.05) is 30.5 Å². The van der Waals surface area contributed by atoms with Gasteiger partial charge in [0.15, 0.2) is 0 Å². The number of benzene rings is 2. The smallest absolute Gasteiger partial charge is 0.308 e. The van der Waals surface area contributed by atoms with Gasteiger partial charge in [-0.05, 0) is 91.5 Å². The van der Waals surface area contributed by atoms with E-state index in [0.717, 1.165) is 36.0 Å². The molecule has 0 amide bonds. The molecule has 2 aromatic rings. The topological polar surface area (TPSA) is 58.9 Å². The van der Waals surface area contributed by atoms with Crippen LogP contribution in [0.3, 0.4) is 0 Å². The number of hydrogen-bond donors (Lipinski definition) is 1. The van der Waals surface area contributed by atoms with Crippen LogP contribution in [0.1, 0.15) is 57.9 Å². The SMILES string of the molecule is CC(=O)Oc1ccc(-c2ccc(C=N[C@H](C)C34C[C@@H]5C[C@@H](CC(O)(C5)C3)C4)cc2)cc1. The highest BCUT2D eigenvalue weighted by atomic mass is 16.5. The number of aliphatic imine (C=N–C) groups is 1. The van der Waals surface area contributed by atoms with Gasteiger partial charge in [-0.25, -0.2) is 0 Å². The van der Waals surface area contributed by atoms with Crippen LogP contribution in [0, 0.1) is 17.3 Å². The van der Waals surface area contributed by atoms with Crippen LogP contribution in [0.15, 0.2) is 53.5 Å². The van der Waals surface area contributed by atoms with Crippen molar-refractivity contribution in [3.8, 4) is 16.9 Å². The highest BCUT2D eigenvalue weighted by Crippen LogP contribution is 2.63. The minimum Gasteiger partial charge on any atom is -0.427 e. The summed E-state index contributed by atoms with van der Waals surface area (Å²) in [5.41, 5.74) is 3.03.